The molecule has 0 amide bonds. The van der Waals surface area contributed by atoms with Crippen LogP contribution in [0, 0.1) is 5.92 Å². The minimum absolute atomic E-state index is 0.0291. The summed E-state index contributed by atoms with van der Waals surface area (Å²) in [4.78, 5) is 20.9. The van der Waals surface area contributed by atoms with Gasteiger partial charge in [0, 0.05) is 13.1 Å². The number of carboxylic acids is 1. The third kappa shape index (κ3) is 3.16. The first-order valence-corrected chi connectivity index (χ1v) is 6.20. The highest BCUT2D eigenvalue weighted by Crippen LogP contribution is 2.16. The van der Waals surface area contributed by atoms with Gasteiger partial charge in [0.2, 0.25) is 0 Å². The van der Waals surface area contributed by atoms with Crippen LogP contribution in [0.25, 0.3) is 0 Å². The Hall–Kier alpha value is -1.69. The van der Waals surface area contributed by atoms with Crippen LogP contribution in [0.4, 0.5) is 5.82 Å². The molecule has 98 valence electrons. The molecule has 0 aliphatic carbocycles. The lowest BCUT2D eigenvalue weighted by Gasteiger charge is -2.13. The van der Waals surface area contributed by atoms with Crippen LogP contribution >= 0.6 is 0 Å². The van der Waals surface area contributed by atoms with Crippen LogP contribution in [-0.2, 0) is 0 Å². The predicted octanol–water partition coefficient (Wildman–Crippen LogP) is 0.928. The van der Waals surface area contributed by atoms with Crippen LogP contribution in [0.15, 0.2) is 12.4 Å². The van der Waals surface area contributed by atoms with Crippen molar-refractivity contribution >= 4 is 11.8 Å². The number of hydrogen-bond acceptors (Lipinski definition) is 5. The van der Waals surface area contributed by atoms with E-state index in [4.69, 9.17) is 5.11 Å². The van der Waals surface area contributed by atoms with Gasteiger partial charge in [-0.15, -0.1) is 0 Å². The molecule has 1 saturated heterocycles. The van der Waals surface area contributed by atoms with E-state index in [0.29, 0.717) is 11.7 Å². The zero-order valence-electron chi connectivity index (χ0n) is 10.5. The van der Waals surface area contributed by atoms with Gasteiger partial charge in [-0.3, -0.25) is 0 Å². The highest BCUT2D eigenvalue weighted by atomic mass is 16.4. The number of nitrogens with zero attached hydrogens (tertiary/aromatic N) is 3. The Morgan fingerprint density at radius 1 is 1.56 bits per heavy atom. The van der Waals surface area contributed by atoms with Crippen molar-refractivity contribution in [3.63, 3.8) is 0 Å². The second kappa shape index (κ2) is 5.77. The van der Waals surface area contributed by atoms with Gasteiger partial charge in [-0.25, -0.2) is 14.8 Å². The van der Waals surface area contributed by atoms with Crippen LogP contribution in [0.2, 0.25) is 0 Å². The Bertz CT molecular complexity index is 407. The normalized spacial score (nSPS) is 19.9. The first-order chi connectivity index (χ1) is 8.69. The molecule has 2 heterocycles. The summed E-state index contributed by atoms with van der Waals surface area (Å²) in [7, 11) is 0. The van der Waals surface area contributed by atoms with Gasteiger partial charge in [-0.2, -0.15) is 0 Å². The van der Waals surface area contributed by atoms with Crippen molar-refractivity contribution in [2.45, 2.75) is 13.3 Å². The van der Waals surface area contributed by atoms with E-state index >= 15 is 0 Å². The number of nitrogens with one attached hydrogen (secondary N) is 1. The summed E-state index contributed by atoms with van der Waals surface area (Å²) < 4.78 is 0. The van der Waals surface area contributed by atoms with Crippen molar-refractivity contribution in [1.29, 1.82) is 0 Å². The number of carboxylic acid groups (broad SMARTS) is 1. The third-order valence-electron chi connectivity index (χ3n) is 3.26. The second-order valence-corrected chi connectivity index (χ2v) is 4.52. The number of rotatable bonds is 5. The molecular formula is C12H18N4O2. The van der Waals surface area contributed by atoms with Gasteiger partial charge in [0.15, 0.2) is 5.69 Å². The topological polar surface area (TPSA) is 78.4 Å². The summed E-state index contributed by atoms with van der Waals surface area (Å²) in [6.07, 6.45) is 3.94. The van der Waals surface area contributed by atoms with Gasteiger partial charge in [-0.05, 0) is 25.4 Å². The van der Waals surface area contributed by atoms with Crippen molar-refractivity contribution in [3.8, 4) is 0 Å². The first kappa shape index (κ1) is 12.8. The number of likely N-dealkylation sites (tertiary alicyclic amines) is 1. The Morgan fingerprint density at radius 2 is 2.39 bits per heavy atom. The zero-order valence-corrected chi connectivity index (χ0v) is 10.5. The lowest BCUT2D eigenvalue weighted by molar-refractivity contribution is 0.0690. The summed E-state index contributed by atoms with van der Waals surface area (Å²) >= 11 is 0. The van der Waals surface area contributed by atoms with Crippen LogP contribution in [0.1, 0.15) is 23.8 Å². The molecule has 0 radical (unpaired) electrons. The molecule has 6 nitrogen and oxygen atoms in total. The Kier molecular flexibility index (Phi) is 4.09. The standard InChI is InChI=1S/C12H18N4O2/c1-2-16-4-3-9(8-16)5-14-11-7-13-10(6-15-11)12(17)18/h6-7,9H,2-5,8H2,1H3,(H,14,15)(H,17,18). The predicted molar refractivity (Wildman–Crippen MR) is 67.7 cm³/mol. The number of anilines is 1. The Morgan fingerprint density at radius 3 is 2.94 bits per heavy atom. The minimum Gasteiger partial charge on any atom is -0.476 e. The highest BCUT2D eigenvalue weighted by Gasteiger charge is 2.20. The summed E-state index contributed by atoms with van der Waals surface area (Å²) in [5, 5.41) is 11.9. The molecule has 1 aromatic rings. The van der Waals surface area contributed by atoms with Gasteiger partial charge in [0.1, 0.15) is 5.82 Å². The van der Waals surface area contributed by atoms with E-state index in [1.807, 2.05) is 0 Å². The van der Waals surface area contributed by atoms with E-state index < -0.39 is 5.97 Å². The SMILES string of the molecule is CCN1CCC(CNc2cnc(C(=O)O)cn2)C1. The van der Waals surface area contributed by atoms with Gasteiger partial charge < -0.3 is 15.3 Å². The maximum atomic E-state index is 10.6. The van der Waals surface area contributed by atoms with Gasteiger partial charge in [0.25, 0.3) is 0 Å². The molecule has 18 heavy (non-hydrogen) atoms. The second-order valence-electron chi connectivity index (χ2n) is 4.52. The molecule has 0 spiro atoms. The maximum absolute atomic E-state index is 10.6. The first-order valence-electron chi connectivity index (χ1n) is 6.20. The van der Waals surface area contributed by atoms with Crippen LogP contribution in [0.3, 0.4) is 0 Å². The molecule has 0 bridgehead atoms. The van der Waals surface area contributed by atoms with Crippen LogP contribution < -0.4 is 5.32 Å². The fraction of sp³-hybridized carbons (Fsp3) is 0.583. The maximum Gasteiger partial charge on any atom is 0.356 e. The van der Waals surface area contributed by atoms with E-state index in [1.54, 1.807) is 0 Å². The molecule has 1 aromatic heterocycles. The molecule has 1 aliphatic heterocycles. The molecule has 2 N–H and O–H groups in total. The average molecular weight is 250 g/mol. The van der Waals surface area contributed by atoms with E-state index in [-0.39, 0.29) is 5.69 Å². The Balaban J connectivity index is 1.82. The van der Waals surface area contributed by atoms with Crippen molar-refractivity contribution in [2.24, 2.45) is 5.92 Å². The van der Waals surface area contributed by atoms with E-state index in [9.17, 15) is 4.79 Å². The monoisotopic (exact) mass is 250 g/mol. The number of aromatic carboxylic acids is 1. The largest absolute Gasteiger partial charge is 0.476 e. The van der Waals surface area contributed by atoms with E-state index in [2.05, 4.69) is 27.1 Å². The number of carbonyl (C=O) groups is 1. The molecule has 2 rings (SSSR count). The minimum atomic E-state index is -1.05. The van der Waals surface area contributed by atoms with Crippen molar-refractivity contribution in [2.75, 3.05) is 31.5 Å². The molecule has 1 fully saturated rings. The number of hydrogen-bond donors (Lipinski definition) is 2. The Labute approximate surface area is 106 Å². The molecule has 1 aliphatic rings. The van der Waals surface area contributed by atoms with Gasteiger partial charge in [0.05, 0.1) is 12.4 Å². The smallest absolute Gasteiger partial charge is 0.356 e. The lowest BCUT2D eigenvalue weighted by atomic mass is 10.1. The van der Waals surface area contributed by atoms with Gasteiger partial charge >= 0.3 is 5.97 Å². The molecular weight excluding hydrogens is 232 g/mol. The highest BCUT2D eigenvalue weighted by molar-refractivity contribution is 5.84. The quantitative estimate of drug-likeness (QED) is 0.809. The van der Waals surface area contributed by atoms with Gasteiger partial charge in [-0.1, -0.05) is 6.92 Å². The van der Waals surface area contributed by atoms with Crippen LogP contribution in [-0.4, -0.2) is 52.1 Å². The summed E-state index contributed by atoms with van der Waals surface area (Å²) in [5.41, 5.74) is -0.0291. The van der Waals surface area contributed by atoms with E-state index in [1.165, 1.54) is 18.8 Å². The number of aromatic nitrogens is 2. The molecule has 1 atom stereocenters. The van der Waals surface area contributed by atoms with Crippen LogP contribution in [0.5, 0.6) is 0 Å². The summed E-state index contributed by atoms with van der Waals surface area (Å²) in [6, 6.07) is 0. The molecule has 1 unspecified atom stereocenters. The van der Waals surface area contributed by atoms with Crippen molar-refractivity contribution in [1.82, 2.24) is 14.9 Å². The summed E-state index contributed by atoms with van der Waals surface area (Å²) in [5.74, 6) is 0.212. The molecule has 0 saturated carbocycles. The molecule has 0 aromatic carbocycles. The fourth-order valence-corrected chi connectivity index (χ4v) is 2.15. The van der Waals surface area contributed by atoms with E-state index in [0.717, 1.165) is 26.2 Å². The third-order valence-corrected chi connectivity index (χ3v) is 3.26. The zero-order chi connectivity index (χ0) is 13.0. The molecule has 6 heteroatoms. The van der Waals surface area contributed by atoms with Crippen molar-refractivity contribution in [3.05, 3.63) is 18.1 Å². The fourth-order valence-electron chi connectivity index (χ4n) is 2.15. The average Bonchev–Trinajstić information content (AvgIpc) is 2.85. The van der Waals surface area contributed by atoms with Crippen molar-refractivity contribution < 1.29 is 9.90 Å². The summed E-state index contributed by atoms with van der Waals surface area (Å²) in [6.45, 7) is 6.41. The lowest BCUT2D eigenvalue weighted by Crippen LogP contribution is -2.22.